The molecule has 1 saturated heterocycles. The number of hydrogen-bond acceptors (Lipinski definition) is 4. The molecule has 0 spiro atoms. The fourth-order valence-electron chi connectivity index (χ4n) is 1.94. The largest absolute Gasteiger partial charge is 0.376 e. The number of nitriles is 1. The van der Waals surface area contributed by atoms with E-state index in [9.17, 15) is 0 Å². The van der Waals surface area contributed by atoms with E-state index >= 15 is 0 Å². The zero-order valence-corrected chi connectivity index (χ0v) is 9.39. The molecule has 1 unspecified atom stereocenters. The van der Waals surface area contributed by atoms with Gasteiger partial charge in [0.2, 0.25) is 0 Å². The van der Waals surface area contributed by atoms with Crippen molar-refractivity contribution in [2.45, 2.75) is 19.6 Å². The van der Waals surface area contributed by atoms with E-state index in [0.29, 0.717) is 5.69 Å². The van der Waals surface area contributed by atoms with Crippen molar-refractivity contribution in [2.24, 2.45) is 0 Å². The molecule has 0 aromatic carbocycles. The average Bonchev–Trinajstić information content (AvgIpc) is 2.30. The molecule has 1 fully saturated rings. The Morgan fingerprint density at radius 2 is 2.56 bits per heavy atom. The molecule has 2 heterocycles. The highest BCUT2D eigenvalue weighted by Crippen LogP contribution is 2.11. The van der Waals surface area contributed by atoms with Crippen molar-refractivity contribution in [1.82, 2.24) is 9.88 Å². The number of pyridine rings is 1. The Morgan fingerprint density at radius 1 is 1.69 bits per heavy atom. The highest BCUT2D eigenvalue weighted by atomic mass is 16.5. The van der Waals surface area contributed by atoms with Gasteiger partial charge < -0.3 is 4.74 Å². The Balaban J connectivity index is 2.06. The van der Waals surface area contributed by atoms with Crippen LogP contribution in [0.3, 0.4) is 0 Å². The predicted octanol–water partition coefficient (Wildman–Crippen LogP) is 1.17. The molecule has 4 nitrogen and oxygen atoms in total. The molecule has 0 bridgehead atoms. The first-order valence-corrected chi connectivity index (χ1v) is 5.47. The summed E-state index contributed by atoms with van der Waals surface area (Å²) in [6, 6.07) is 5.97. The normalized spacial score (nSPS) is 21.6. The Morgan fingerprint density at radius 3 is 3.31 bits per heavy atom. The molecule has 1 aromatic heterocycles. The smallest absolute Gasteiger partial charge is 0.144 e. The van der Waals surface area contributed by atoms with Crippen molar-refractivity contribution in [3.05, 3.63) is 29.6 Å². The monoisotopic (exact) mass is 217 g/mol. The number of ether oxygens (including phenoxy) is 1. The third-order valence-electron chi connectivity index (χ3n) is 2.72. The molecule has 1 aromatic rings. The second-order valence-electron chi connectivity index (χ2n) is 4.04. The van der Waals surface area contributed by atoms with Crippen LogP contribution >= 0.6 is 0 Å². The molecular weight excluding hydrogens is 202 g/mol. The van der Waals surface area contributed by atoms with Crippen LogP contribution in [-0.2, 0) is 11.3 Å². The molecule has 1 atom stereocenters. The van der Waals surface area contributed by atoms with E-state index in [-0.39, 0.29) is 6.10 Å². The van der Waals surface area contributed by atoms with Gasteiger partial charge in [-0.15, -0.1) is 0 Å². The van der Waals surface area contributed by atoms with E-state index in [0.717, 1.165) is 31.8 Å². The van der Waals surface area contributed by atoms with Crippen molar-refractivity contribution < 1.29 is 4.74 Å². The van der Waals surface area contributed by atoms with Crippen molar-refractivity contribution in [2.75, 3.05) is 19.7 Å². The maximum absolute atomic E-state index is 8.94. The third-order valence-corrected chi connectivity index (χ3v) is 2.72. The zero-order valence-electron chi connectivity index (χ0n) is 9.39. The summed E-state index contributed by atoms with van der Waals surface area (Å²) in [6.07, 6.45) is 1.93. The Hall–Kier alpha value is -1.44. The van der Waals surface area contributed by atoms with E-state index in [1.165, 1.54) is 0 Å². The van der Waals surface area contributed by atoms with Crippen LogP contribution < -0.4 is 0 Å². The van der Waals surface area contributed by atoms with Crippen LogP contribution in [0.1, 0.15) is 18.2 Å². The lowest BCUT2D eigenvalue weighted by molar-refractivity contribution is -0.0212. The summed E-state index contributed by atoms with van der Waals surface area (Å²) in [6.45, 7) is 5.46. The van der Waals surface area contributed by atoms with Gasteiger partial charge in [0, 0.05) is 31.4 Å². The zero-order chi connectivity index (χ0) is 11.4. The van der Waals surface area contributed by atoms with Gasteiger partial charge >= 0.3 is 0 Å². The van der Waals surface area contributed by atoms with Crippen LogP contribution in [0.2, 0.25) is 0 Å². The van der Waals surface area contributed by atoms with E-state index in [4.69, 9.17) is 10.00 Å². The first kappa shape index (κ1) is 11.1. The van der Waals surface area contributed by atoms with Crippen LogP contribution in [0.5, 0.6) is 0 Å². The summed E-state index contributed by atoms with van der Waals surface area (Å²) in [5, 5.41) is 8.94. The lowest BCUT2D eigenvalue weighted by atomic mass is 10.1. The fourth-order valence-corrected chi connectivity index (χ4v) is 1.94. The van der Waals surface area contributed by atoms with Gasteiger partial charge in [0.05, 0.1) is 12.7 Å². The van der Waals surface area contributed by atoms with E-state index in [1.54, 1.807) is 6.20 Å². The van der Waals surface area contributed by atoms with E-state index in [2.05, 4.69) is 22.9 Å². The van der Waals surface area contributed by atoms with Gasteiger partial charge in [-0.25, -0.2) is 4.98 Å². The summed E-state index contributed by atoms with van der Waals surface area (Å²) >= 11 is 0. The molecule has 1 aliphatic heterocycles. The number of rotatable bonds is 2. The first-order valence-electron chi connectivity index (χ1n) is 5.47. The van der Waals surface area contributed by atoms with Gasteiger partial charge in [-0.05, 0) is 13.0 Å². The summed E-state index contributed by atoms with van der Waals surface area (Å²) in [7, 11) is 0. The van der Waals surface area contributed by atoms with Crippen molar-refractivity contribution in [1.29, 1.82) is 5.26 Å². The molecule has 0 saturated carbocycles. The van der Waals surface area contributed by atoms with Gasteiger partial charge in [-0.1, -0.05) is 6.07 Å². The quantitative estimate of drug-likeness (QED) is 0.746. The van der Waals surface area contributed by atoms with E-state index in [1.807, 2.05) is 12.1 Å². The third kappa shape index (κ3) is 2.57. The molecule has 2 rings (SSSR count). The lowest BCUT2D eigenvalue weighted by Crippen LogP contribution is -2.40. The van der Waals surface area contributed by atoms with Crippen LogP contribution in [0.25, 0.3) is 0 Å². The maximum atomic E-state index is 8.94. The van der Waals surface area contributed by atoms with Gasteiger partial charge in [0.1, 0.15) is 11.8 Å². The Labute approximate surface area is 95.5 Å². The molecule has 84 valence electrons. The van der Waals surface area contributed by atoms with Gasteiger partial charge in [-0.3, -0.25) is 4.90 Å². The van der Waals surface area contributed by atoms with Crippen molar-refractivity contribution in [3.63, 3.8) is 0 Å². The molecule has 0 radical (unpaired) electrons. The number of nitrogens with zero attached hydrogens (tertiary/aromatic N) is 3. The number of aromatic nitrogens is 1. The van der Waals surface area contributed by atoms with Crippen LogP contribution in [0.4, 0.5) is 0 Å². The summed E-state index contributed by atoms with van der Waals surface area (Å²) < 4.78 is 5.48. The van der Waals surface area contributed by atoms with Crippen molar-refractivity contribution in [3.8, 4) is 6.07 Å². The Kier molecular flexibility index (Phi) is 3.50. The molecule has 1 aliphatic rings. The molecular formula is C12H15N3O. The highest BCUT2D eigenvalue weighted by Gasteiger charge is 2.17. The van der Waals surface area contributed by atoms with Crippen LogP contribution in [0.15, 0.2) is 18.3 Å². The summed E-state index contributed by atoms with van der Waals surface area (Å²) in [4.78, 5) is 6.36. The SMILES string of the molecule is CC1CN(Cc2cccnc2C#N)CCO1. The minimum Gasteiger partial charge on any atom is -0.376 e. The maximum Gasteiger partial charge on any atom is 0.144 e. The molecule has 16 heavy (non-hydrogen) atoms. The summed E-state index contributed by atoms with van der Waals surface area (Å²) in [5.41, 5.74) is 1.53. The molecule has 0 aliphatic carbocycles. The topological polar surface area (TPSA) is 49.2 Å². The lowest BCUT2D eigenvalue weighted by Gasteiger charge is -2.31. The highest BCUT2D eigenvalue weighted by molar-refractivity contribution is 5.30. The van der Waals surface area contributed by atoms with Crippen LogP contribution in [0, 0.1) is 11.3 Å². The first-order chi connectivity index (χ1) is 7.79. The molecule has 0 amide bonds. The van der Waals surface area contributed by atoms with Gasteiger partial charge in [0.25, 0.3) is 0 Å². The number of morpholine rings is 1. The second kappa shape index (κ2) is 5.06. The van der Waals surface area contributed by atoms with Gasteiger partial charge in [0.15, 0.2) is 0 Å². The molecule has 4 heteroatoms. The minimum absolute atomic E-state index is 0.274. The number of hydrogen-bond donors (Lipinski definition) is 0. The minimum atomic E-state index is 0.274. The average molecular weight is 217 g/mol. The standard InChI is InChI=1S/C12H15N3O/c1-10-8-15(5-6-16-10)9-11-3-2-4-14-12(11)7-13/h2-4,10H,5-6,8-9H2,1H3. The van der Waals surface area contributed by atoms with Gasteiger partial charge in [-0.2, -0.15) is 5.26 Å². The fraction of sp³-hybridized carbons (Fsp3) is 0.500. The Bertz CT molecular complexity index is 399. The van der Waals surface area contributed by atoms with Crippen molar-refractivity contribution >= 4 is 0 Å². The molecule has 0 N–H and O–H groups in total. The summed E-state index contributed by atoms with van der Waals surface area (Å²) in [5.74, 6) is 0. The van der Waals surface area contributed by atoms with Crippen LogP contribution in [-0.4, -0.2) is 35.7 Å². The second-order valence-corrected chi connectivity index (χ2v) is 4.04. The van der Waals surface area contributed by atoms with E-state index < -0.39 is 0 Å². The predicted molar refractivity (Wildman–Crippen MR) is 59.6 cm³/mol.